The predicted molar refractivity (Wildman–Crippen MR) is 87.3 cm³/mol. The molecular weight excluding hydrogens is 292 g/mol. The molecule has 0 saturated heterocycles. The topological polar surface area (TPSA) is 79.2 Å². The van der Waals surface area contributed by atoms with Crippen molar-refractivity contribution in [3.05, 3.63) is 48.5 Å². The smallest absolute Gasteiger partial charge is 0.315 e. The molecule has 0 aliphatic heterocycles. The number of imidazole rings is 1. The number of aliphatic hydroxyl groups is 1. The number of aromatic nitrogens is 2. The van der Waals surface area contributed by atoms with Crippen molar-refractivity contribution in [1.29, 1.82) is 0 Å². The third kappa shape index (κ3) is 3.71. The van der Waals surface area contributed by atoms with Gasteiger partial charge in [-0.25, -0.2) is 9.78 Å². The lowest BCUT2D eigenvalue weighted by molar-refractivity contribution is 0.202. The zero-order valence-corrected chi connectivity index (χ0v) is 13.2. The SMILES string of the molecule is CC(NC(=O)NCC1(CO)CC1)c1cccc(-n2ccnc2)c1. The number of hydrogen-bond acceptors (Lipinski definition) is 3. The van der Waals surface area contributed by atoms with Crippen molar-refractivity contribution in [1.82, 2.24) is 20.2 Å². The van der Waals surface area contributed by atoms with E-state index in [0.29, 0.717) is 6.54 Å². The Morgan fingerprint density at radius 2 is 2.30 bits per heavy atom. The van der Waals surface area contributed by atoms with E-state index in [0.717, 1.165) is 24.1 Å². The molecular formula is C17H22N4O2. The molecule has 2 amide bonds. The predicted octanol–water partition coefficient (Wildman–Crippen LogP) is 2.00. The highest BCUT2D eigenvalue weighted by molar-refractivity contribution is 5.74. The quantitative estimate of drug-likeness (QED) is 0.763. The Bertz CT molecular complexity index is 665. The largest absolute Gasteiger partial charge is 0.396 e. The lowest BCUT2D eigenvalue weighted by Gasteiger charge is -2.18. The molecule has 0 spiro atoms. The molecule has 1 heterocycles. The first-order valence-electron chi connectivity index (χ1n) is 7.85. The molecule has 3 rings (SSSR count). The molecule has 1 aromatic carbocycles. The van der Waals surface area contributed by atoms with Gasteiger partial charge in [-0.15, -0.1) is 0 Å². The van der Waals surface area contributed by atoms with Crippen molar-refractivity contribution >= 4 is 6.03 Å². The second kappa shape index (κ2) is 6.42. The summed E-state index contributed by atoms with van der Waals surface area (Å²) in [6, 6.07) is 7.67. The number of hydrogen-bond donors (Lipinski definition) is 3. The Hall–Kier alpha value is -2.34. The van der Waals surface area contributed by atoms with Gasteiger partial charge in [0.15, 0.2) is 0 Å². The van der Waals surface area contributed by atoms with Crippen molar-refractivity contribution in [2.75, 3.05) is 13.2 Å². The van der Waals surface area contributed by atoms with Crippen LogP contribution in [0.4, 0.5) is 4.79 Å². The Morgan fingerprint density at radius 3 is 2.96 bits per heavy atom. The van der Waals surface area contributed by atoms with Crippen LogP contribution in [-0.4, -0.2) is 33.8 Å². The number of carbonyl (C=O) groups is 1. The highest BCUT2D eigenvalue weighted by Crippen LogP contribution is 2.44. The van der Waals surface area contributed by atoms with Crippen LogP contribution >= 0.6 is 0 Å². The molecule has 1 aliphatic rings. The van der Waals surface area contributed by atoms with Gasteiger partial charge in [0.2, 0.25) is 0 Å². The van der Waals surface area contributed by atoms with Crippen LogP contribution in [0, 0.1) is 5.41 Å². The number of nitrogens with one attached hydrogen (secondary N) is 2. The third-order valence-electron chi connectivity index (χ3n) is 4.44. The van der Waals surface area contributed by atoms with Gasteiger partial charge in [-0.3, -0.25) is 0 Å². The molecule has 122 valence electrons. The minimum Gasteiger partial charge on any atom is -0.396 e. The average molecular weight is 314 g/mol. The lowest BCUT2D eigenvalue weighted by Crippen LogP contribution is -2.40. The molecule has 6 nitrogen and oxygen atoms in total. The summed E-state index contributed by atoms with van der Waals surface area (Å²) in [6.45, 7) is 2.61. The van der Waals surface area contributed by atoms with Crippen molar-refractivity contribution in [2.45, 2.75) is 25.8 Å². The van der Waals surface area contributed by atoms with E-state index < -0.39 is 0 Å². The molecule has 1 aromatic heterocycles. The van der Waals surface area contributed by atoms with Crippen LogP contribution < -0.4 is 10.6 Å². The van der Waals surface area contributed by atoms with Crippen molar-refractivity contribution in [3.63, 3.8) is 0 Å². The fourth-order valence-corrected chi connectivity index (χ4v) is 2.53. The normalized spacial score (nSPS) is 16.6. The molecule has 1 unspecified atom stereocenters. The van der Waals surface area contributed by atoms with Gasteiger partial charge in [-0.2, -0.15) is 0 Å². The Labute approximate surface area is 135 Å². The van der Waals surface area contributed by atoms with E-state index >= 15 is 0 Å². The first-order valence-corrected chi connectivity index (χ1v) is 7.85. The first kappa shape index (κ1) is 15.6. The minimum absolute atomic E-state index is 0.0814. The van der Waals surface area contributed by atoms with E-state index in [9.17, 15) is 9.90 Å². The van der Waals surface area contributed by atoms with E-state index in [1.54, 1.807) is 12.5 Å². The van der Waals surface area contributed by atoms with Crippen LogP contribution in [-0.2, 0) is 0 Å². The van der Waals surface area contributed by atoms with Crippen LogP contribution in [0.2, 0.25) is 0 Å². The van der Waals surface area contributed by atoms with Crippen molar-refractivity contribution < 1.29 is 9.90 Å². The summed E-state index contributed by atoms with van der Waals surface area (Å²) in [5, 5.41) is 15.1. The fourth-order valence-electron chi connectivity index (χ4n) is 2.53. The number of carbonyl (C=O) groups excluding carboxylic acids is 1. The summed E-state index contributed by atoms with van der Waals surface area (Å²) in [5.41, 5.74) is 1.95. The van der Waals surface area contributed by atoms with E-state index in [4.69, 9.17) is 0 Å². The van der Waals surface area contributed by atoms with E-state index in [-0.39, 0.29) is 24.1 Å². The summed E-state index contributed by atoms with van der Waals surface area (Å²) >= 11 is 0. The van der Waals surface area contributed by atoms with Gasteiger partial charge in [-0.1, -0.05) is 12.1 Å². The van der Waals surface area contributed by atoms with Gasteiger partial charge in [0.1, 0.15) is 0 Å². The van der Waals surface area contributed by atoms with Gasteiger partial charge in [0.25, 0.3) is 0 Å². The molecule has 0 radical (unpaired) electrons. The first-order chi connectivity index (χ1) is 11.1. The van der Waals surface area contributed by atoms with E-state index in [1.807, 2.05) is 42.0 Å². The van der Waals surface area contributed by atoms with Crippen LogP contribution in [0.25, 0.3) is 5.69 Å². The standard InChI is InChI=1S/C17H22N4O2/c1-13(20-16(23)19-10-17(11-22)5-6-17)14-3-2-4-15(9-14)21-8-7-18-12-21/h2-4,7-9,12-13,22H,5-6,10-11H2,1H3,(H2,19,20,23). The number of rotatable bonds is 6. The van der Waals surface area contributed by atoms with E-state index in [1.165, 1.54) is 0 Å². The van der Waals surface area contributed by atoms with Gasteiger partial charge < -0.3 is 20.3 Å². The minimum atomic E-state index is -0.203. The highest BCUT2D eigenvalue weighted by Gasteiger charge is 2.42. The van der Waals surface area contributed by atoms with Gasteiger partial charge in [-0.05, 0) is 37.5 Å². The van der Waals surface area contributed by atoms with Crippen LogP contribution in [0.5, 0.6) is 0 Å². The number of nitrogens with zero attached hydrogens (tertiary/aromatic N) is 2. The van der Waals surface area contributed by atoms with E-state index in [2.05, 4.69) is 15.6 Å². The maximum Gasteiger partial charge on any atom is 0.315 e. The lowest BCUT2D eigenvalue weighted by atomic mass is 10.1. The molecule has 1 aliphatic carbocycles. The average Bonchev–Trinajstić information content (AvgIpc) is 3.15. The summed E-state index contributed by atoms with van der Waals surface area (Å²) in [6.07, 6.45) is 7.32. The van der Waals surface area contributed by atoms with Crippen LogP contribution in [0.15, 0.2) is 43.0 Å². The molecule has 2 aromatic rings. The Balaban J connectivity index is 1.58. The zero-order valence-electron chi connectivity index (χ0n) is 13.2. The molecule has 1 saturated carbocycles. The number of amides is 2. The van der Waals surface area contributed by atoms with Gasteiger partial charge in [0.05, 0.1) is 19.0 Å². The Kier molecular flexibility index (Phi) is 4.34. The zero-order chi connectivity index (χ0) is 16.3. The van der Waals surface area contributed by atoms with Crippen molar-refractivity contribution in [3.8, 4) is 5.69 Å². The van der Waals surface area contributed by atoms with Crippen LogP contribution in [0.3, 0.4) is 0 Å². The van der Waals surface area contributed by atoms with Gasteiger partial charge in [0, 0.05) is 30.0 Å². The molecule has 23 heavy (non-hydrogen) atoms. The maximum atomic E-state index is 12.0. The fraction of sp³-hybridized carbons (Fsp3) is 0.412. The third-order valence-corrected chi connectivity index (χ3v) is 4.44. The molecule has 6 heteroatoms. The number of urea groups is 1. The Morgan fingerprint density at radius 1 is 1.48 bits per heavy atom. The molecule has 1 fully saturated rings. The highest BCUT2D eigenvalue weighted by atomic mass is 16.3. The van der Waals surface area contributed by atoms with Crippen molar-refractivity contribution in [2.24, 2.45) is 5.41 Å². The second-order valence-electron chi connectivity index (χ2n) is 6.27. The van der Waals surface area contributed by atoms with Crippen LogP contribution in [0.1, 0.15) is 31.4 Å². The summed E-state index contributed by atoms with van der Waals surface area (Å²) in [7, 11) is 0. The number of aliphatic hydroxyl groups excluding tert-OH is 1. The summed E-state index contributed by atoms with van der Waals surface area (Å²) in [5.74, 6) is 0. The second-order valence-corrected chi connectivity index (χ2v) is 6.27. The maximum absolute atomic E-state index is 12.0. The van der Waals surface area contributed by atoms with Gasteiger partial charge >= 0.3 is 6.03 Å². The summed E-state index contributed by atoms with van der Waals surface area (Å²) in [4.78, 5) is 16.1. The summed E-state index contributed by atoms with van der Waals surface area (Å²) < 4.78 is 1.92. The monoisotopic (exact) mass is 314 g/mol. The molecule has 3 N–H and O–H groups in total. The molecule has 0 bridgehead atoms. The number of benzene rings is 1. The molecule has 1 atom stereocenters.